The van der Waals surface area contributed by atoms with Crippen molar-refractivity contribution in [3.63, 3.8) is 0 Å². The van der Waals surface area contributed by atoms with Crippen LogP contribution in [0, 0.1) is 0 Å². The van der Waals surface area contributed by atoms with Gasteiger partial charge in [0.15, 0.2) is 0 Å². The maximum absolute atomic E-state index is 12.0. The smallest absolute Gasteiger partial charge is 0.243 e. The first-order valence-electron chi connectivity index (χ1n) is 7.55. The molecule has 1 amide bonds. The zero-order valence-electron chi connectivity index (χ0n) is 13.2. The molecule has 0 saturated carbocycles. The molecule has 0 aliphatic heterocycles. The third kappa shape index (κ3) is 5.96. The van der Waals surface area contributed by atoms with Crippen molar-refractivity contribution < 1.29 is 4.79 Å². The van der Waals surface area contributed by atoms with Crippen molar-refractivity contribution >= 4 is 18.3 Å². The van der Waals surface area contributed by atoms with Crippen LogP contribution in [0.15, 0.2) is 30.3 Å². The maximum Gasteiger partial charge on any atom is 0.243 e. The fraction of sp³-hybridized carbons (Fsp3) is 0.467. The molecule has 7 nitrogen and oxygen atoms in total. The van der Waals surface area contributed by atoms with Crippen molar-refractivity contribution in [2.24, 2.45) is 5.73 Å². The molecule has 2 aromatic rings. The fourth-order valence-electron chi connectivity index (χ4n) is 2.11. The lowest BCUT2D eigenvalue weighted by atomic mass is 10.1. The number of tetrazole rings is 1. The van der Waals surface area contributed by atoms with E-state index in [1.807, 2.05) is 30.3 Å². The first-order valence-corrected chi connectivity index (χ1v) is 7.55. The summed E-state index contributed by atoms with van der Waals surface area (Å²) in [7, 11) is 0. The summed E-state index contributed by atoms with van der Waals surface area (Å²) in [5.41, 5.74) is 6.54. The molecule has 8 heteroatoms. The molecule has 2 rings (SSSR count). The Balaban J connectivity index is 0.00000264. The van der Waals surface area contributed by atoms with Gasteiger partial charge in [-0.1, -0.05) is 50.1 Å². The lowest BCUT2D eigenvalue weighted by Gasteiger charge is -2.15. The first-order chi connectivity index (χ1) is 10.7. The molecule has 0 radical (unpaired) electrons. The number of aromatic nitrogens is 4. The number of nitrogens with two attached hydrogens (primary N) is 1. The van der Waals surface area contributed by atoms with Crippen LogP contribution in [0.25, 0.3) is 11.4 Å². The van der Waals surface area contributed by atoms with E-state index in [2.05, 4.69) is 27.7 Å². The highest BCUT2D eigenvalue weighted by Crippen LogP contribution is 2.11. The number of carbonyl (C=O) groups is 1. The van der Waals surface area contributed by atoms with E-state index in [-0.39, 0.29) is 30.9 Å². The van der Waals surface area contributed by atoms with Crippen molar-refractivity contribution in [3.05, 3.63) is 30.3 Å². The quantitative estimate of drug-likeness (QED) is 0.758. The van der Waals surface area contributed by atoms with E-state index < -0.39 is 0 Å². The number of amides is 1. The minimum Gasteiger partial charge on any atom is -0.350 e. The average Bonchev–Trinajstić information content (AvgIpc) is 3.00. The van der Waals surface area contributed by atoms with Crippen LogP contribution in [0.2, 0.25) is 0 Å². The number of halogens is 1. The number of nitrogens with zero attached hydrogens (tertiary/aromatic N) is 4. The second kappa shape index (κ2) is 9.91. The summed E-state index contributed by atoms with van der Waals surface area (Å²) in [6.07, 6.45) is 3.01. The molecule has 126 valence electrons. The van der Waals surface area contributed by atoms with Crippen LogP contribution in [0.5, 0.6) is 0 Å². The van der Waals surface area contributed by atoms with Gasteiger partial charge < -0.3 is 11.1 Å². The van der Waals surface area contributed by atoms with E-state index in [4.69, 9.17) is 5.73 Å². The van der Waals surface area contributed by atoms with Gasteiger partial charge in [0.2, 0.25) is 11.7 Å². The summed E-state index contributed by atoms with van der Waals surface area (Å²) < 4.78 is 0. The molecule has 0 bridgehead atoms. The fourth-order valence-corrected chi connectivity index (χ4v) is 2.11. The van der Waals surface area contributed by atoms with Gasteiger partial charge in [0, 0.05) is 18.2 Å². The highest BCUT2D eigenvalue weighted by atomic mass is 35.5. The Hall–Kier alpha value is -1.99. The molecule has 0 fully saturated rings. The van der Waals surface area contributed by atoms with Crippen LogP contribution in [0.3, 0.4) is 0 Å². The number of hydrogen-bond donors (Lipinski definition) is 2. The maximum atomic E-state index is 12.0. The van der Waals surface area contributed by atoms with Gasteiger partial charge in [0.1, 0.15) is 6.54 Å². The Morgan fingerprint density at radius 2 is 2.09 bits per heavy atom. The topological polar surface area (TPSA) is 98.7 Å². The van der Waals surface area contributed by atoms with Crippen LogP contribution in [0.4, 0.5) is 0 Å². The summed E-state index contributed by atoms with van der Waals surface area (Å²) in [5, 5.41) is 15.0. The molecule has 3 N–H and O–H groups in total. The van der Waals surface area contributed by atoms with Gasteiger partial charge in [-0.3, -0.25) is 4.79 Å². The van der Waals surface area contributed by atoms with E-state index in [0.29, 0.717) is 12.4 Å². The highest BCUT2D eigenvalue weighted by Gasteiger charge is 2.13. The predicted octanol–water partition coefficient (Wildman–Crippen LogP) is 1.40. The molecule has 0 spiro atoms. The Morgan fingerprint density at radius 3 is 2.74 bits per heavy atom. The van der Waals surface area contributed by atoms with Gasteiger partial charge >= 0.3 is 0 Å². The zero-order chi connectivity index (χ0) is 15.8. The Kier molecular flexibility index (Phi) is 8.21. The number of nitrogens with one attached hydrogen (secondary N) is 1. The van der Waals surface area contributed by atoms with Crippen LogP contribution in [-0.4, -0.2) is 38.7 Å². The second-order valence-corrected chi connectivity index (χ2v) is 5.15. The Labute approximate surface area is 142 Å². The molecule has 0 saturated heterocycles. The molecular weight excluding hydrogens is 316 g/mol. The van der Waals surface area contributed by atoms with Gasteiger partial charge in [0.25, 0.3) is 0 Å². The van der Waals surface area contributed by atoms with Gasteiger partial charge in [0.05, 0.1) is 0 Å². The van der Waals surface area contributed by atoms with Gasteiger partial charge in [-0.25, -0.2) is 0 Å². The van der Waals surface area contributed by atoms with E-state index in [9.17, 15) is 4.79 Å². The van der Waals surface area contributed by atoms with Crippen LogP contribution in [0.1, 0.15) is 26.2 Å². The number of rotatable bonds is 8. The van der Waals surface area contributed by atoms with Gasteiger partial charge in [-0.05, 0) is 11.6 Å². The molecule has 1 aromatic carbocycles. The number of unbranched alkanes of at least 4 members (excludes halogenated alkanes) is 1. The van der Waals surface area contributed by atoms with E-state index >= 15 is 0 Å². The summed E-state index contributed by atoms with van der Waals surface area (Å²) in [5.74, 6) is 0.360. The van der Waals surface area contributed by atoms with E-state index in [0.717, 1.165) is 24.8 Å². The minimum atomic E-state index is -0.149. The standard InChI is InChI=1S/C15H22N6O.ClH/c1-2-3-9-13(10-16)17-14(22)11-21-19-15(18-20-21)12-7-5-4-6-8-12;/h4-8,13H,2-3,9-11,16H2,1H3,(H,17,22);1H. The normalized spacial score (nSPS) is 11.6. The highest BCUT2D eigenvalue weighted by molar-refractivity contribution is 5.85. The summed E-state index contributed by atoms with van der Waals surface area (Å²) in [4.78, 5) is 13.3. The molecule has 1 atom stereocenters. The van der Waals surface area contributed by atoms with Gasteiger partial charge in [-0.15, -0.1) is 22.6 Å². The SMILES string of the molecule is CCCCC(CN)NC(=O)Cn1nnc(-c2ccccc2)n1.Cl. The van der Waals surface area contributed by atoms with Crippen molar-refractivity contribution in [3.8, 4) is 11.4 Å². The lowest BCUT2D eigenvalue weighted by molar-refractivity contribution is -0.122. The molecule has 0 aliphatic rings. The minimum absolute atomic E-state index is 0. The molecule has 1 aromatic heterocycles. The van der Waals surface area contributed by atoms with Crippen LogP contribution < -0.4 is 11.1 Å². The first kappa shape index (κ1) is 19.1. The lowest BCUT2D eigenvalue weighted by Crippen LogP contribution is -2.41. The van der Waals surface area contributed by atoms with Gasteiger partial charge in [-0.2, -0.15) is 4.80 Å². The second-order valence-electron chi connectivity index (χ2n) is 5.15. The number of hydrogen-bond acceptors (Lipinski definition) is 5. The van der Waals surface area contributed by atoms with Crippen molar-refractivity contribution in [2.75, 3.05) is 6.54 Å². The predicted molar refractivity (Wildman–Crippen MR) is 91.0 cm³/mol. The summed E-state index contributed by atoms with van der Waals surface area (Å²) in [6.45, 7) is 2.59. The monoisotopic (exact) mass is 338 g/mol. The summed E-state index contributed by atoms with van der Waals surface area (Å²) in [6, 6.07) is 9.53. The Morgan fingerprint density at radius 1 is 1.35 bits per heavy atom. The molecular formula is C15H23ClN6O. The van der Waals surface area contributed by atoms with Crippen molar-refractivity contribution in [1.82, 2.24) is 25.5 Å². The van der Waals surface area contributed by atoms with Crippen molar-refractivity contribution in [2.45, 2.75) is 38.8 Å². The third-order valence-electron chi connectivity index (χ3n) is 3.33. The zero-order valence-corrected chi connectivity index (χ0v) is 14.0. The van der Waals surface area contributed by atoms with Crippen LogP contribution in [-0.2, 0) is 11.3 Å². The molecule has 23 heavy (non-hydrogen) atoms. The van der Waals surface area contributed by atoms with Crippen molar-refractivity contribution in [1.29, 1.82) is 0 Å². The largest absolute Gasteiger partial charge is 0.350 e. The number of carbonyl (C=O) groups excluding carboxylic acids is 1. The molecule has 0 aliphatic carbocycles. The molecule has 1 heterocycles. The average molecular weight is 339 g/mol. The third-order valence-corrected chi connectivity index (χ3v) is 3.33. The Bertz CT molecular complexity index is 589. The number of benzene rings is 1. The van der Waals surface area contributed by atoms with Crippen LogP contribution >= 0.6 is 12.4 Å². The van der Waals surface area contributed by atoms with E-state index in [1.165, 1.54) is 4.80 Å². The van der Waals surface area contributed by atoms with E-state index in [1.54, 1.807) is 0 Å². The molecule has 1 unspecified atom stereocenters. The summed E-state index contributed by atoms with van der Waals surface area (Å²) >= 11 is 0.